The number of para-hydroxylation sites is 1. The van der Waals surface area contributed by atoms with Gasteiger partial charge in [-0.05, 0) is 55.9 Å². The minimum atomic E-state index is -0.114. The Bertz CT molecular complexity index is 978. The quantitative estimate of drug-likeness (QED) is 0.649. The average Bonchev–Trinajstić information content (AvgIpc) is 3.39. The van der Waals surface area contributed by atoms with Crippen LogP contribution in [-0.2, 0) is 11.2 Å². The van der Waals surface area contributed by atoms with Gasteiger partial charge in [-0.2, -0.15) is 0 Å². The molecule has 1 atom stereocenters. The van der Waals surface area contributed by atoms with E-state index in [-0.39, 0.29) is 17.9 Å². The lowest BCUT2D eigenvalue weighted by molar-refractivity contribution is -0.129. The first-order valence-electron chi connectivity index (χ1n) is 12.6. The van der Waals surface area contributed by atoms with Gasteiger partial charge >= 0.3 is 0 Å². The van der Waals surface area contributed by atoms with Crippen LogP contribution in [-0.4, -0.2) is 67.5 Å². The summed E-state index contributed by atoms with van der Waals surface area (Å²) < 4.78 is 5.44. The first kappa shape index (κ1) is 24.3. The molecular weight excluding hydrogens is 426 g/mol. The second kappa shape index (κ2) is 11.5. The average molecular weight is 464 g/mol. The summed E-state index contributed by atoms with van der Waals surface area (Å²) in [7, 11) is 1.68. The van der Waals surface area contributed by atoms with Crippen molar-refractivity contribution >= 4 is 11.8 Å². The van der Waals surface area contributed by atoms with Crippen molar-refractivity contribution in [3.8, 4) is 5.75 Å². The van der Waals surface area contributed by atoms with E-state index in [0.717, 1.165) is 54.8 Å². The highest BCUT2D eigenvalue weighted by Gasteiger charge is 2.37. The molecule has 2 aliphatic rings. The van der Waals surface area contributed by atoms with Gasteiger partial charge in [0.25, 0.3) is 5.91 Å². The molecule has 0 spiro atoms. The number of ether oxygens (including phenoxy) is 1. The van der Waals surface area contributed by atoms with Crippen molar-refractivity contribution in [1.82, 2.24) is 15.1 Å². The maximum atomic E-state index is 13.4. The molecule has 0 aromatic heterocycles. The van der Waals surface area contributed by atoms with Crippen molar-refractivity contribution in [1.29, 1.82) is 0 Å². The molecule has 1 aliphatic heterocycles. The van der Waals surface area contributed by atoms with E-state index in [9.17, 15) is 9.59 Å². The molecule has 1 aliphatic carbocycles. The Morgan fingerprint density at radius 3 is 2.47 bits per heavy atom. The molecule has 4 rings (SSSR count). The van der Waals surface area contributed by atoms with E-state index in [1.165, 1.54) is 12.8 Å². The van der Waals surface area contributed by atoms with Gasteiger partial charge in [-0.1, -0.05) is 48.7 Å². The number of amides is 2. The zero-order chi connectivity index (χ0) is 23.9. The summed E-state index contributed by atoms with van der Waals surface area (Å²) in [5, 5.41) is 3.21. The standard InChI is InChI=1S/C28H37N3O3/c1-21-8-7-12-24(20-21)28(33)31-18-16-30(17-19-31)26(23-10-3-4-11-23)27(32)29-15-14-22-9-5-6-13-25(22)34-2/h5-9,12-13,20,23,26H,3-4,10-11,14-19H2,1-2H3,(H,29,32). The highest BCUT2D eigenvalue weighted by Crippen LogP contribution is 2.31. The van der Waals surface area contributed by atoms with E-state index >= 15 is 0 Å². The maximum Gasteiger partial charge on any atom is 0.253 e. The summed E-state index contributed by atoms with van der Waals surface area (Å²) in [6.07, 6.45) is 5.34. The van der Waals surface area contributed by atoms with Crippen molar-refractivity contribution in [2.24, 2.45) is 5.92 Å². The van der Waals surface area contributed by atoms with Crippen molar-refractivity contribution in [2.45, 2.75) is 45.1 Å². The summed E-state index contributed by atoms with van der Waals surface area (Å²) in [4.78, 5) is 30.6. The van der Waals surface area contributed by atoms with Crippen LogP contribution in [0.4, 0.5) is 0 Å². The molecule has 182 valence electrons. The van der Waals surface area contributed by atoms with Gasteiger partial charge in [0, 0.05) is 38.3 Å². The lowest BCUT2D eigenvalue weighted by Gasteiger charge is -2.40. The fourth-order valence-electron chi connectivity index (χ4n) is 5.45. The van der Waals surface area contributed by atoms with Gasteiger partial charge in [0.2, 0.25) is 5.91 Å². The first-order valence-corrected chi connectivity index (χ1v) is 12.6. The van der Waals surface area contributed by atoms with Crippen LogP contribution in [0.15, 0.2) is 48.5 Å². The Morgan fingerprint density at radius 2 is 1.76 bits per heavy atom. The van der Waals surface area contributed by atoms with Gasteiger partial charge in [0.15, 0.2) is 0 Å². The predicted molar refractivity (Wildman–Crippen MR) is 134 cm³/mol. The number of carbonyl (C=O) groups is 2. The molecule has 6 heteroatoms. The normalized spacial score (nSPS) is 18.0. The number of aryl methyl sites for hydroxylation is 1. The maximum absolute atomic E-state index is 13.4. The molecule has 1 saturated carbocycles. The molecular formula is C28H37N3O3. The molecule has 0 radical (unpaired) electrons. The Kier molecular flexibility index (Phi) is 8.22. The molecule has 34 heavy (non-hydrogen) atoms. The molecule has 2 fully saturated rings. The Morgan fingerprint density at radius 1 is 1.03 bits per heavy atom. The lowest BCUT2D eigenvalue weighted by atomic mass is 9.94. The second-order valence-corrected chi connectivity index (χ2v) is 9.54. The topological polar surface area (TPSA) is 61.9 Å². The summed E-state index contributed by atoms with van der Waals surface area (Å²) in [6, 6.07) is 15.6. The largest absolute Gasteiger partial charge is 0.496 e. The first-order chi connectivity index (χ1) is 16.6. The molecule has 2 amide bonds. The van der Waals surface area contributed by atoms with Gasteiger partial charge < -0.3 is 15.0 Å². The third kappa shape index (κ3) is 5.79. The van der Waals surface area contributed by atoms with Crippen LogP contribution in [0.2, 0.25) is 0 Å². The van der Waals surface area contributed by atoms with E-state index in [2.05, 4.69) is 10.2 Å². The number of nitrogens with one attached hydrogen (secondary N) is 1. The van der Waals surface area contributed by atoms with Crippen LogP contribution in [0.3, 0.4) is 0 Å². The number of methoxy groups -OCH3 is 1. The zero-order valence-corrected chi connectivity index (χ0v) is 20.5. The number of carbonyl (C=O) groups excluding carboxylic acids is 2. The summed E-state index contributed by atoms with van der Waals surface area (Å²) in [6.45, 7) is 5.38. The molecule has 2 aromatic rings. The Labute approximate surface area is 203 Å². The van der Waals surface area contributed by atoms with Crippen LogP contribution in [0, 0.1) is 12.8 Å². The fourth-order valence-corrected chi connectivity index (χ4v) is 5.45. The number of hydrogen-bond donors (Lipinski definition) is 1. The van der Waals surface area contributed by atoms with Crippen LogP contribution in [0.5, 0.6) is 5.75 Å². The third-order valence-electron chi connectivity index (χ3n) is 7.26. The number of nitrogens with zero attached hydrogens (tertiary/aromatic N) is 2. The number of rotatable bonds is 8. The number of hydrogen-bond acceptors (Lipinski definition) is 4. The summed E-state index contributed by atoms with van der Waals surface area (Å²) in [5.41, 5.74) is 2.94. The molecule has 1 N–H and O–H groups in total. The fraction of sp³-hybridized carbons (Fsp3) is 0.500. The van der Waals surface area contributed by atoms with Gasteiger partial charge in [-0.15, -0.1) is 0 Å². The number of benzene rings is 2. The molecule has 2 aromatic carbocycles. The minimum absolute atomic E-state index is 0.0852. The van der Waals surface area contributed by atoms with E-state index in [0.29, 0.717) is 25.6 Å². The van der Waals surface area contributed by atoms with Crippen LogP contribution >= 0.6 is 0 Å². The highest BCUT2D eigenvalue weighted by atomic mass is 16.5. The van der Waals surface area contributed by atoms with Crippen molar-refractivity contribution in [3.63, 3.8) is 0 Å². The second-order valence-electron chi connectivity index (χ2n) is 9.54. The molecule has 1 unspecified atom stereocenters. The van der Waals surface area contributed by atoms with Crippen molar-refractivity contribution < 1.29 is 14.3 Å². The van der Waals surface area contributed by atoms with Gasteiger partial charge in [0.05, 0.1) is 13.2 Å². The van der Waals surface area contributed by atoms with E-state index in [1.807, 2.05) is 60.4 Å². The van der Waals surface area contributed by atoms with E-state index in [4.69, 9.17) is 4.74 Å². The third-order valence-corrected chi connectivity index (χ3v) is 7.26. The van der Waals surface area contributed by atoms with Crippen LogP contribution < -0.4 is 10.1 Å². The lowest BCUT2D eigenvalue weighted by Crippen LogP contribution is -2.58. The number of piperazine rings is 1. The van der Waals surface area contributed by atoms with Crippen molar-refractivity contribution in [3.05, 3.63) is 65.2 Å². The van der Waals surface area contributed by atoms with Gasteiger partial charge in [-0.3, -0.25) is 14.5 Å². The monoisotopic (exact) mass is 463 g/mol. The Hall–Kier alpha value is -2.86. The molecule has 0 bridgehead atoms. The highest BCUT2D eigenvalue weighted by molar-refractivity contribution is 5.94. The van der Waals surface area contributed by atoms with Crippen LogP contribution in [0.25, 0.3) is 0 Å². The minimum Gasteiger partial charge on any atom is -0.496 e. The summed E-state index contributed by atoms with van der Waals surface area (Å²) >= 11 is 0. The SMILES string of the molecule is COc1ccccc1CCNC(=O)C(C1CCCC1)N1CCN(C(=O)c2cccc(C)c2)CC1. The zero-order valence-electron chi connectivity index (χ0n) is 20.5. The Balaban J connectivity index is 1.36. The molecule has 6 nitrogen and oxygen atoms in total. The van der Waals surface area contributed by atoms with Crippen LogP contribution in [0.1, 0.15) is 47.2 Å². The summed E-state index contributed by atoms with van der Waals surface area (Å²) in [5.74, 6) is 1.46. The molecule has 1 heterocycles. The smallest absolute Gasteiger partial charge is 0.253 e. The van der Waals surface area contributed by atoms with E-state index < -0.39 is 0 Å². The van der Waals surface area contributed by atoms with Gasteiger partial charge in [0.1, 0.15) is 5.75 Å². The molecule has 1 saturated heterocycles. The predicted octanol–water partition coefficient (Wildman–Crippen LogP) is 3.68. The van der Waals surface area contributed by atoms with Crippen molar-refractivity contribution in [2.75, 3.05) is 39.8 Å². The van der Waals surface area contributed by atoms with Gasteiger partial charge in [-0.25, -0.2) is 0 Å². The van der Waals surface area contributed by atoms with E-state index in [1.54, 1.807) is 7.11 Å².